The standard InChI is InChI=1S/C15H23NO2/c1-6-16(5)14(17)11-18-13-10-8-7-9-12(13)15(2,3)4/h7-10H,6,11H2,1-5H3. The van der Waals surface area contributed by atoms with E-state index in [1.807, 2.05) is 31.2 Å². The van der Waals surface area contributed by atoms with Crippen molar-refractivity contribution in [1.82, 2.24) is 4.90 Å². The number of hydrogen-bond donors (Lipinski definition) is 0. The average Bonchev–Trinajstić information content (AvgIpc) is 2.34. The molecule has 3 nitrogen and oxygen atoms in total. The molecule has 1 aromatic rings. The topological polar surface area (TPSA) is 29.5 Å². The second-order valence-corrected chi connectivity index (χ2v) is 5.44. The van der Waals surface area contributed by atoms with Crippen LogP contribution in [0.5, 0.6) is 5.75 Å². The Bertz CT molecular complexity index is 407. The van der Waals surface area contributed by atoms with E-state index in [-0.39, 0.29) is 17.9 Å². The Balaban J connectivity index is 2.77. The minimum absolute atomic E-state index is 0.00112. The van der Waals surface area contributed by atoms with Crippen molar-refractivity contribution in [2.45, 2.75) is 33.1 Å². The van der Waals surface area contributed by atoms with E-state index in [0.717, 1.165) is 11.3 Å². The van der Waals surface area contributed by atoms with Gasteiger partial charge in [0.25, 0.3) is 5.91 Å². The van der Waals surface area contributed by atoms with Gasteiger partial charge in [-0.15, -0.1) is 0 Å². The summed E-state index contributed by atoms with van der Waals surface area (Å²) in [6.07, 6.45) is 0. The van der Waals surface area contributed by atoms with Crippen molar-refractivity contribution in [2.24, 2.45) is 0 Å². The van der Waals surface area contributed by atoms with Gasteiger partial charge in [-0.3, -0.25) is 4.79 Å². The van der Waals surface area contributed by atoms with Gasteiger partial charge in [0, 0.05) is 13.6 Å². The molecule has 0 aliphatic rings. The first kappa shape index (κ1) is 14.6. The Kier molecular flexibility index (Phi) is 4.76. The second kappa shape index (κ2) is 5.89. The molecule has 0 aromatic heterocycles. The molecular weight excluding hydrogens is 226 g/mol. The van der Waals surface area contributed by atoms with Crippen molar-refractivity contribution < 1.29 is 9.53 Å². The van der Waals surface area contributed by atoms with Gasteiger partial charge in [0.1, 0.15) is 5.75 Å². The molecule has 1 rings (SSSR count). The van der Waals surface area contributed by atoms with Crippen LogP contribution in [0.15, 0.2) is 24.3 Å². The fourth-order valence-electron chi connectivity index (χ4n) is 1.64. The first-order chi connectivity index (χ1) is 8.36. The lowest BCUT2D eigenvalue weighted by Crippen LogP contribution is -2.31. The van der Waals surface area contributed by atoms with Crippen LogP contribution in [-0.2, 0) is 10.2 Å². The summed E-state index contributed by atoms with van der Waals surface area (Å²) in [6.45, 7) is 9.14. The fourth-order valence-corrected chi connectivity index (χ4v) is 1.64. The smallest absolute Gasteiger partial charge is 0.260 e. The molecule has 0 saturated heterocycles. The molecule has 0 aliphatic carbocycles. The summed E-state index contributed by atoms with van der Waals surface area (Å²) >= 11 is 0. The minimum Gasteiger partial charge on any atom is -0.483 e. The first-order valence-corrected chi connectivity index (χ1v) is 6.32. The monoisotopic (exact) mass is 249 g/mol. The Labute approximate surface area is 110 Å². The summed E-state index contributed by atoms with van der Waals surface area (Å²) in [5.41, 5.74) is 1.13. The Hall–Kier alpha value is -1.51. The third-order valence-electron chi connectivity index (χ3n) is 2.95. The second-order valence-electron chi connectivity index (χ2n) is 5.44. The highest BCUT2D eigenvalue weighted by Gasteiger charge is 2.19. The van der Waals surface area contributed by atoms with Crippen LogP contribution < -0.4 is 4.74 Å². The molecule has 3 heteroatoms. The predicted octanol–water partition coefficient (Wildman–Crippen LogP) is 2.84. The molecule has 100 valence electrons. The maximum absolute atomic E-state index is 11.7. The van der Waals surface area contributed by atoms with Crippen molar-refractivity contribution in [1.29, 1.82) is 0 Å². The van der Waals surface area contributed by atoms with Gasteiger partial charge in [-0.25, -0.2) is 0 Å². The van der Waals surface area contributed by atoms with E-state index in [2.05, 4.69) is 20.8 Å². The van der Waals surface area contributed by atoms with Crippen molar-refractivity contribution in [3.63, 3.8) is 0 Å². The van der Waals surface area contributed by atoms with Crippen molar-refractivity contribution in [3.05, 3.63) is 29.8 Å². The number of carbonyl (C=O) groups is 1. The zero-order valence-electron chi connectivity index (χ0n) is 12.0. The largest absolute Gasteiger partial charge is 0.483 e. The lowest BCUT2D eigenvalue weighted by atomic mass is 9.86. The van der Waals surface area contributed by atoms with Crippen LogP contribution in [0.1, 0.15) is 33.3 Å². The molecule has 0 spiro atoms. The van der Waals surface area contributed by atoms with Crippen LogP contribution in [0, 0.1) is 0 Å². The summed E-state index contributed by atoms with van der Waals surface area (Å²) in [5.74, 6) is 0.795. The number of amides is 1. The number of para-hydroxylation sites is 1. The van der Waals surface area contributed by atoms with E-state index in [0.29, 0.717) is 6.54 Å². The van der Waals surface area contributed by atoms with Gasteiger partial charge in [0.05, 0.1) is 0 Å². The molecule has 0 bridgehead atoms. The molecule has 0 atom stereocenters. The lowest BCUT2D eigenvalue weighted by Gasteiger charge is -2.23. The number of nitrogens with zero attached hydrogens (tertiary/aromatic N) is 1. The normalized spacial score (nSPS) is 11.2. The maximum atomic E-state index is 11.7. The highest BCUT2D eigenvalue weighted by atomic mass is 16.5. The molecule has 18 heavy (non-hydrogen) atoms. The van der Waals surface area contributed by atoms with Gasteiger partial charge in [-0.1, -0.05) is 39.0 Å². The van der Waals surface area contributed by atoms with Crippen LogP contribution in [0.25, 0.3) is 0 Å². The fraction of sp³-hybridized carbons (Fsp3) is 0.533. The zero-order chi connectivity index (χ0) is 13.8. The number of carbonyl (C=O) groups excluding carboxylic acids is 1. The molecule has 0 N–H and O–H groups in total. The lowest BCUT2D eigenvalue weighted by molar-refractivity contribution is -0.131. The van der Waals surface area contributed by atoms with Gasteiger partial charge in [0.15, 0.2) is 6.61 Å². The quantitative estimate of drug-likeness (QED) is 0.821. The van der Waals surface area contributed by atoms with Gasteiger partial charge in [0.2, 0.25) is 0 Å². The SMILES string of the molecule is CCN(C)C(=O)COc1ccccc1C(C)(C)C. The van der Waals surface area contributed by atoms with Crippen molar-refractivity contribution in [2.75, 3.05) is 20.2 Å². The van der Waals surface area contributed by atoms with Crippen LogP contribution in [0.4, 0.5) is 0 Å². The molecule has 0 heterocycles. The molecular formula is C15H23NO2. The Morgan fingerprint density at radius 1 is 1.28 bits per heavy atom. The number of hydrogen-bond acceptors (Lipinski definition) is 2. The third kappa shape index (κ3) is 3.76. The summed E-state index contributed by atoms with van der Waals surface area (Å²) < 4.78 is 5.66. The maximum Gasteiger partial charge on any atom is 0.260 e. The molecule has 0 fully saturated rings. The molecule has 1 aromatic carbocycles. The Morgan fingerprint density at radius 2 is 1.89 bits per heavy atom. The first-order valence-electron chi connectivity index (χ1n) is 6.32. The third-order valence-corrected chi connectivity index (χ3v) is 2.95. The molecule has 0 saturated carbocycles. The minimum atomic E-state index is 0.00112. The molecule has 1 amide bonds. The van der Waals surface area contributed by atoms with E-state index in [1.54, 1.807) is 11.9 Å². The van der Waals surface area contributed by atoms with Crippen molar-refractivity contribution >= 4 is 5.91 Å². The van der Waals surface area contributed by atoms with Crippen LogP contribution in [0.2, 0.25) is 0 Å². The Morgan fingerprint density at radius 3 is 2.44 bits per heavy atom. The summed E-state index contributed by atoms with van der Waals surface area (Å²) in [5, 5.41) is 0. The van der Waals surface area contributed by atoms with E-state index >= 15 is 0 Å². The number of ether oxygens (including phenoxy) is 1. The van der Waals surface area contributed by atoms with E-state index in [1.165, 1.54) is 0 Å². The van der Waals surface area contributed by atoms with Gasteiger partial charge in [-0.2, -0.15) is 0 Å². The van der Waals surface area contributed by atoms with Crippen LogP contribution in [-0.4, -0.2) is 31.0 Å². The van der Waals surface area contributed by atoms with E-state index in [4.69, 9.17) is 4.74 Å². The molecule has 0 radical (unpaired) electrons. The van der Waals surface area contributed by atoms with E-state index in [9.17, 15) is 4.79 Å². The zero-order valence-corrected chi connectivity index (χ0v) is 12.0. The van der Waals surface area contributed by atoms with Gasteiger partial charge < -0.3 is 9.64 Å². The number of rotatable bonds is 4. The summed E-state index contributed by atoms with van der Waals surface area (Å²) in [4.78, 5) is 13.4. The highest BCUT2D eigenvalue weighted by Crippen LogP contribution is 2.30. The number of benzene rings is 1. The average molecular weight is 249 g/mol. The summed E-state index contributed by atoms with van der Waals surface area (Å²) in [6, 6.07) is 7.88. The van der Waals surface area contributed by atoms with Crippen LogP contribution >= 0.6 is 0 Å². The predicted molar refractivity (Wildman–Crippen MR) is 73.9 cm³/mol. The molecule has 0 aliphatic heterocycles. The van der Waals surface area contributed by atoms with Gasteiger partial charge >= 0.3 is 0 Å². The van der Waals surface area contributed by atoms with E-state index < -0.39 is 0 Å². The summed E-state index contributed by atoms with van der Waals surface area (Å²) in [7, 11) is 1.78. The van der Waals surface area contributed by atoms with Crippen molar-refractivity contribution in [3.8, 4) is 5.75 Å². The highest BCUT2D eigenvalue weighted by molar-refractivity contribution is 5.77. The molecule has 0 unspecified atom stereocenters. The van der Waals surface area contributed by atoms with Gasteiger partial charge in [-0.05, 0) is 24.0 Å². The number of likely N-dealkylation sites (N-methyl/N-ethyl adjacent to an activating group) is 1. The van der Waals surface area contributed by atoms with Crippen LogP contribution in [0.3, 0.4) is 0 Å².